The van der Waals surface area contributed by atoms with Crippen molar-refractivity contribution in [3.8, 4) is 5.75 Å². The normalized spacial score (nSPS) is 11.9. The maximum atomic E-state index is 10.6. The van der Waals surface area contributed by atoms with Crippen LogP contribution in [0.1, 0.15) is 95.0 Å². The van der Waals surface area contributed by atoms with Crippen molar-refractivity contribution in [1.29, 1.82) is 0 Å². The van der Waals surface area contributed by atoms with E-state index in [-0.39, 0.29) is 5.41 Å². The smallest absolute Gasteiger partial charge is 0.121 e. The van der Waals surface area contributed by atoms with Gasteiger partial charge in [-0.1, -0.05) is 84.0 Å². The highest BCUT2D eigenvalue weighted by atomic mass is 16.5. The minimum atomic E-state index is -0.720. The first-order chi connectivity index (χ1) is 14.8. The summed E-state index contributed by atoms with van der Waals surface area (Å²) in [5.74, 6) is 0.936. The molecule has 2 heteroatoms. The van der Waals surface area contributed by atoms with Gasteiger partial charge in [-0.2, -0.15) is 0 Å². The Hall–Kier alpha value is -2.06. The molecule has 172 valence electrons. The Morgan fingerprint density at radius 1 is 0.806 bits per heavy atom. The van der Waals surface area contributed by atoms with Crippen LogP contribution in [-0.4, -0.2) is 17.8 Å². The van der Waals surface area contributed by atoms with E-state index >= 15 is 0 Å². The number of hydrogen-bond donors (Lipinski definition) is 1. The van der Waals surface area contributed by atoms with Gasteiger partial charge in [0.05, 0.1) is 12.7 Å². The fraction of sp³-hybridized carbons (Fsp3) is 0.517. The third kappa shape index (κ3) is 6.01. The molecular formula is C29H44O2. The topological polar surface area (TPSA) is 29.5 Å². The second-order valence-corrected chi connectivity index (χ2v) is 8.19. The zero-order chi connectivity index (χ0) is 23.7. The van der Waals surface area contributed by atoms with E-state index < -0.39 is 5.60 Å². The molecule has 0 heterocycles. The molecule has 1 N–H and O–H groups in total. The molecule has 0 unspecified atom stereocenters. The van der Waals surface area contributed by atoms with E-state index in [9.17, 15) is 5.11 Å². The van der Waals surface area contributed by atoms with Gasteiger partial charge in [0.2, 0.25) is 0 Å². The quantitative estimate of drug-likeness (QED) is 0.442. The second-order valence-electron chi connectivity index (χ2n) is 8.19. The van der Waals surface area contributed by atoms with Crippen LogP contribution in [0.5, 0.6) is 5.75 Å². The van der Waals surface area contributed by atoms with E-state index in [0.717, 1.165) is 31.4 Å². The maximum Gasteiger partial charge on any atom is 0.121 e. The molecule has 31 heavy (non-hydrogen) atoms. The lowest BCUT2D eigenvalue weighted by Gasteiger charge is -2.34. The van der Waals surface area contributed by atoms with E-state index in [4.69, 9.17) is 4.74 Å². The van der Waals surface area contributed by atoms with Crippen molar-refractivity contribution in [3.63, 3.8) is 0 Å². The Kier molecular flexibility index (Phi) is 10.5. The number of benzene rings is 2. The highest BCUT2D eigenvalue weighted by Gasteiger charge is 2.31. The molecule has 2 aromatic carbocycles. The predicted molar refractivity (Wildman–Crippen MR) is 136 cm³/mol. The van der Waals surface area contributed by atoms with Crippen LogP contribution in [0.25, 0.3) is 6.08 Å². The van der Waals surface area contributed by atoms with E-state index in [1.165, 1.54) is 27.8 Å². The summed E-state index contributed by atoms with van der Waals surface area (Å²) < 4.78 is 5.47. The average molecular weight is 425 g/mol. The highest BCUT2D eigenvalue weighted by molar-refractivity contribution is 5.57. The summed E-state index contributed by atoms with van der Waals surface area (Å²) in [4.78, 5) is 0. The van der Waals surface area contributed by atoms with Gasteiger partial charge in [0.25, 0.3) is 0 Å². The molecule has 0 aromatic heterocycles. The van der Waals surface area contributed by atoms with E-state index in [1.807, 2.05) is 33.8 Å². The molecule has 0 bridgehead atoms. The molecule has 0 fully saturated rings. The molecule has 0 radical (unpaired) electrons. The molecule has 0 aliphatic heterocycles. The van der Waals surface area contributed by atoms with Crippen LogP contribution in [0.4, 0.5) is 0 Å². The van der Waals surface area contributed by atoms with Crippen molar-refractivity contribution in [2.75, 3.05) is 7.11 Å². The SMILES string of the molecule is CC.CCC(O)(/C=C/c1ccc(C(CC)(CC)c2ccc(OC)c(C)c2)cc1C)CC. The van der Waals surface area contributed by atoms with Gasteiger partial charge in [-0.3, -0.25) is 0 Å². The lowest BCUT2D eigenvalue weighted by Crippen LogP contribution is -2.26. The molecular weight excluding hydrogens is 380 g/mol. The number of aliphatic hydroxyl groups is 1. The van der Waals surface area contributed by atoms with Crippen LogP contribution in [0.3, 0.4) is 0 Å². The zero-order valence-corrected chi connectivity index (χ0v) is 21.3. The lowest BCUT2D eigenvalue weighted by atomic mass is 9.70. The second kappa shape index (κ2) is 12.1. The Morgan fingerprint density at radius 3 is 1.74 bits per heavy atom. The molecule has 0 saturated heterocycles. The third-order valence-corrected chi connectivity index (χ3v) is 6.77. The van der Waals surface area contributed by atoms with E-state index in [2.05, 4.69) is 70.2 Å². The summed E-state index contributed by atoms with van der Waals surface area (Å²) >= 11 is 0. The van der Waals surface area contributed by atoms with Crippen molar-refractivity contribution in [1.82, 2.24) is 0 Å². The number of rotatable bonds is 9. The summed E-state index contributed by atoms with van der Waals surface area (Å²) in [6.45, 7) is 16.9. The van der Waals surface area contributed by atoms with Gasteiger partial charge in [0.15, 0.2) is 0 Å². The van der Waals surface area contributed by atoms with Gasteiger partial charge in [-0.05, 0) is 73.4 Å². The third-order valence-electron chi connectivity index (χ3n) is 6.77. The minimum absolute atomic E-state index is 0.0163. The van der Waals surface area contributed by atoms with Crippen molar-refractivity contribution < 1.29 is 9.84 Å². The van der Waals surface area contributed by atoms with Crippen LogP contribution in [0.2, 0.25) is 0 Å². The fourth-order valence-corrected chi connectivity index (χ4v) is 4.30. The summed E-state index contributed by atoms with van der Waals surface area (Å²) in [5, 5.41) is 10.6. The number of aryl methyl sites for hydroxylation is 2. The van der Waals surface area contributed by atoms with E-state index in [1.54, 1.807) is 7.11 Å². The summed E-state index contributed by atoms with van der Waals surface area (Å²) in [6.07, 6.45) is 7.55. The molecule has 0 saturated carbocycles. The van der Waals surface area contributed by atoms with Gasteiger partial charge in [0.1, 0.15) is 5.75 Å². The Balaban J connectivity index is 0.00000233. The average Bonchev–Trinajstić information content (AvgIpc) is 2.81. The molecule has 2 aromatic rings. The highest BCUT2D eigenvalue weighted by Crippen LogP contribution is 2.41. The first-order valence-corrected chi connectivity index (χ1v) is 12.0. The van der Waals surface area contributed by atoms with Crippen molar-refractivity contribution in [2.45, 2.75) is 92.1 Å². The fourth-order valence-electron chi connectivity index (χ4n) is 4.30. The number of hydrogen-bond acceptors (Lipinski definition) is 2. The van der Waals surface area contributed by atoms with Crippen molar-refractivity contribution in [2.24, 2.45) is 0 Å². The monoisotopic (exact) mass is 424 g/mol. The molecule has 0 aliphatic rings. The first kappa shape index (κ1) is 27.0. The van der Waals surface area contributed by atoms with E-state index in [0.29, 0.717) is 0 Å². The molecule has 0 aliphatic carbocycles. The van der Waals surface area contributed by atoms with Gasteiger partial charge >= 0.3 is 0 Å². The maximum absolute atomic E-state index is 10.6. The van der Waals surface area contributed by atoms with Crippen LogP contribution < -0.4 is 4.74 Å². The molecule has 2 rings (SSSR count). The molecule has 2 nitrogen and oxygen atoms in total. The molecule has 0 atom stereocenters. The van der Waals surface area contributed by atoms with Crippen LogP contribution in [0, 0.1) is 13.8 Å². The summed E-state index contributed by atoms with van der Waals surface area (Å²) in [6, 6.07) is 13.4. The minimum Gasteiger partial charge on any atom is -0.496 e. The van der Waals surface area contributed by atoms with Gasteiger partial charge in [-0.25, -0.2) is 0 Å². The summed E-state index contributed by atoms with van der Waals surface area (Å²) in [5.41, 5.74) is 5.54. The van der Waals surface area contributed by atoms with Crippen LogP contribution in [0.15, 0.2) is 42.5 Å². The predicted octanol–water partition coefficient (Wildman–Crippen LogP) is 8.01. The molecule has 0 amide bonds. The Bertz CT molecular complexity index is 840. The molecule has 0 spiro atoms. The standard InChI is InChI=1S/C27H38O2.C2H6/c1-8-26(28,9-2)17-16-22-12-13-23(18-20(22)5)27(10-3,11-4)24-14-15-25(29-7)21(6)19-24;1-2/h12-19,28H,8-11H2,1-7H3;1-2H3/b17-16+;. The first-order valence-electron chi connectivity index (χ1n) is 12.0. The summed E-state index contributed by atoms with van der Waals surface area (Å²) in [7, 11) is 1.72. The number of methoxy groups -OCH3 is 1. The zero-order valence-electron chi connectivity index (χ0n) is 21.3. The van der Waals surface area contributed by atoms with Crippen molar-refractivity contribution in [3.05, 3.63) is 70.3 Å². The Labute approximate surface area is 191 Å². The lowest BCUT2D eigenvalue weighted by molar-refractivity contribution is 0.0836. The van der Waals surface area contributed by atoms with Crippen LogP contribution in [-0.2, 0) is 5.41 Å². The van der Waals surface area contributed by atoms with Crippen LogP contribution >= 0.6 is 0 Å². The number of ether oxygens (including phenoxy) is 1. The van der Waals surface area contributed by atoms with Crippen molar-refractivity contribution >= 4 is 6.08 Å². The van der Waals surface area contributed by atoms with Gasteiger partial charge in [-0.15, -0.1) is 0 Å². The van der Waals surface area contributed by atoms with Gasteiger partial charge < -0.3 is 9.84 Å². The van der Waals surface area contributed by atoms with Gasteiger partial charge in [0, 0.05) is 5.41 Å². The largest absolute Gasteiger partial charge is 0.496 e. The Morgan fingerprint density at radius 2 is 1.32 bits per heavy atom.